The van der Waals surface area contributed by atoms with Crippen LogP contribution in [-0.2, 0) is 11.2 Å². The summed E-state index contributed by atoms with van der Waals surface area (Å²) in [5.41, 5.74) is 1.93. The molecule has 0 saturated heterocycles. The van der Waals surface area contributed by atoms with Gasteiger partial charge < -0.3 is 4.74 Å². The van der Waals surface area contributed by atoms with Crippen molar-refractivity contribution in [2.24, 2.45) is 5.92 Å². The van der Waals surface area contributed by atoms with Crippen molar-refractivity contribution in [1.29, 1.82) is 5.26 Å². The van der Waals surface area contributed by atoms with Gasteiger partial charge in [-0.15, -0.1) is 0 Å². The fraction of sp³-hybridized carbons (Fsp3) is 0.478. The molecule has 1 aliphatic rings. The van der Waals surface area contributed by atoms with Crippen LogP contribution in [0.15, 0.2) is 48.6 Å². The number of allylic oxidation sites excluding steroid dienone is 4. The number of rotatable bonds is 8. The van der Waals surface area contributed by atoms with Gasteiger partial charge in [0, 0.05) is 6.08 Å². The number of unbranched alkanes of at least 4 members (excludes halogenated alkanes) is 2. The third-order valence-electron chi connectivity index (χ3n) is 4.92. The summed E-state index contributed by atoms with van der Waals surface area (Å²) in [7, 11) is 0. The van der Waals surface area contributed by atoms with E-state index in [0.29, 0.717) is 11.5 Å². The van der Waals surface area contributed by atoms with E-state index in [1.54, 1.807) is 6.08 Å². The number of nitrogens with zero attached hydrogens (tertiary/aromatic N) is 1. The highest BCUT2D eigenvalue weighted by atomic mass is 16.5. The average molecular weight is 351 g/mol. The highest BCUT2D eigenvalue weighted by Crippen LogP contribution is 2.27. The van der Waals surface area contributed by atoms with Crippen molar-refractivity contribution < 1.29 is 9.53 Å². The van der Waals surface area contributed by atoms with Crippen LogP contribution in [-0.4, -0.2) is 12.1 Å². The number of nitriles is 1. The predicted molar refractivity (Wildman–Crippen MR) is 105 cm³/mol. The second-order valence-electron chi connectivity index (χ2n) is 6.97. The van der Waals surface area contributed by atoms with Crippen LogP contribution in [0.3, 0.4) is 0 Å². The van der Waals surface area contributed by atoms with Crippen LogP contribution < -0.4 is 0 Å². The van der Waals surface area contributed by atoms with Crippen molar-refractivity contribution >= 4 is 5.97 Å². The Kier molecular flexibility index (Phi) is 8.69. The highest BCUT2D eigenvalue weighted by Gasteiger charge is 2.23. The maximum atomic E-state index is 12.3. The van der Waals surface area contributed by atoms with Gasteiger partial charge in [0.05, 0.1) is 11.6 Å². The van der Waals surface area contributed by atoms with E-state index in [2.05, 4.69) is 13.0 Å². The molecule has 0 radical (unpaired) electrons. The van der Waals surface area contributed by atoms with Crippen LogP contribution in [0.5, 0.6) is 0 Å². The smallest absolute Gasteiger partial charge is 0.338 e. The molecule has 0 unspecified atom stereocenters. The summed E-state index contributed by atoms with van der Waals surface area (Å²) < 4.78 is 5.69. The summed E-state index contributed by atoms with van der Waals surface area (Å²) in [6.45, 7) is 2.20. The van der Waals surface area contributed by atoms with Crippen LogP contribution in [0.2, 0.25) is 0 Å². The molecule has 1 aliphatic carbocycles. The molecule has 0 aliphatic heterocycles. The third-order valence-corrected chi connectivity index (χ3v) is 4.92. The lowest BCUT2D eigenvalue weighted by Crippen LogP contribution is -2.24. The Hall–Kier alpha value is -2.34. The maximum Gasteiger partial charge on any atom is 0.338 e. The van der Waals surface area contributed by atoms with E-state index < -0.39 is 0 Å². The van der Waals surface area contributed by atoms with E-state index in [4.69, 9.17) is 10.00 Å². The molecule has 1 aromatic rings. The molecule has 138 valence electrons. The van der Waals surface area contributed by atoms with Gasteiger partial charge in [0.15, 0.2) is 0 Å². The maximum absolute atomic E-state index is 12.3. The van der Waals surface area contributed by atoms with Crippen molar-refractivity contribution in [3.63, 3.8) is 0 Å². The van der Waals surface area contributed by atoms with Crippen molar-refractivity contribution in [3.8, 4) is 6.07 Å². The number of esters is 1. The minimum absolute atomic E-state index is 0.0195. The van der Waals surface area contributed by atoms with E-state index in [0.717, 1.165) is 32.1 Å². The summed E-state index contributed by atoms with van der Waals surface area (Å²) in [4.78, 5) is 12.3. The van der Waals surface area contributed by atoms with Gasteiger partial charge in [-0.3, -0.25) is 0 Å². The van der Waals surface area contributed by atoms with E-state index in [1.807, 2.05) is 36.4 Å². The zero-order chi connectivity index (χ0) is 18.6. The Morgan fingerprint density at radius 1 is 1.15 bits per heavy atom. The lowest BCUT2D eigenvalue weighted by molar-refractivity contribution is 0.0185. The molecule has 3 heteroatoms. The lowest BCUT2D eigenvalue weighted by Gasteiger charge is -2.26. The summed E-state index contributed by atoms with van der Waals surface area (Å²) in [5, 5.41) is 8.46. The highest BCUT2D eigenvalue weighted by molar-refractivity contribution is 5.89. The standard InChI is InChI=1S/C23H29NO2/c1-2-3-5-8-19-10-14-21(15-11-19)23(25)26-22-16-12-20(13-17-22)9-6-4-7-18-24/h4,6-7,9-11,14-15,20,22H,2-3,5,8,12-13,16-17H2,1H3. The Balaban J connectivity index is 1.75. The zero-order valence-electron chi connectivity index (χ0n) is 15.7. The van der Waals surface area contributed by atoms with Gasteiger partial charge in [-0.2, -0.15) is 5.26 Å². The van der Waals surface area contributed by atoms with Gasteiger partial charge in [-0.1, -0.05) is 50.1 Å². The molecule has 0 aromatic heterocycles. The van der Waals surface area contributed by atoms with E-state index in [9.17, 15) is 4.79 Å². The minimum Gasteiger partial charge on any atom is -0.459 e. The quantitative estimate of drug-likeness (QED) is 0.258. The molecule has 2 rings (SSSR count). The van der Waals surface area contributed by atoms with E-state index in [1.165, 1.54) is 30.9 Å². The third kappa shape index (κ3) is 6.88. The summed E-state index contributed by atoms with van der Waals surface area (Å²) >= 11 is 0. The molecule has 0 spiro atoms. The van der Waals surface area contributed by atoms with Gasteiger partial charge in [-0.25, -0.2) is 4.79 Å². The molecule has 26 heavy (non-hydrogen) atoms. The van der Waals surface area contributed by atoms with Crippen LogP contribution in [0.25, 0.3) is 0 Å². The number of hydrogen-bond donors (Lipinski definition) is 0. The largest absolute Gasteiger partial charge is 0.459 e. The van der Waals surface area contributed by atoms with Gasteiger partial charge in [0.1, 0.15) is 6.10 Å². The first-order chi connectivity index (χ1) is 12.7. The van der Waals surface area contributed by atoms with Gasteiger partial charge in [-0.05, 0) is 62.1 Å². The first kappa shape index (κ1) is 20.0. The van der Waals surface area contributed by atoms with Crippen LogP contribution in [0.4, 0.5) is 0 Å². The number of carbonyl (C=O) groups excluding carboxylic acids is 1. The van der Waals surface area contributed by atoms with E-state index in [-0.39, 0.29) is 12.1 Å². The molecule has 0 amide bonds. The minimum atomic E-state index is -0.207. The van der Waals surface area contributed by atoms with Gasteiger partial charge in [0.2, 0.25) is 0 Å². The van der Waals surface area contributed by atoms with Crippen LogP contribution >= 0.6 is 0 Å². The molecule has 0 bridgehead atoms. The molecule has 0 N–H and O–H groups in total. The summed E-state index contributed by atoms with van der Waals surface area (Å²) in [6, 6.07) is 9.84. The van der Waals surface area contributed by atoms with Crippen molar-refractivity contribution in [1.82, 2.24) is 0 Å². The average Bonchev–Trinajstić information content (AvgIpc) is 2.67. The molecule has 1 aromatic carbocycles. The lowest BCUT2D eigenvalue weighted by atomic mass is 9.87. The molecular formula is C23H29NO2. The van der Waals surface area contributed by atoms with Crippen molar-refractivity contribution in [3.05, 3.63) is 59.7 Å². The number of carbonyl (C=O) groups is 1. The molecular weight excluding hydrogens is 322 g/mol. The number of benzene rings is 1. The molecule has 1 fully saturated rings. The number of aryl methyl sites for hydroxylation is 1. The van der Waals surface area contributed by atoms with Gasteiger partial charge >= 0.3 is 5.97 Å². The number of ether oxygens (including phenoxy) is 1. The second kappa shape index (κ2) is 11.3. The first-order valence-electron chi connectivity index (χ1n) is 9.75. The number of hydrogen-bond acceptors (Lipinski definition) is 3. The first-order valence-corrected chi connectivity index (χ1v) is 9.75. The molecule has 3 nitrogen and oxygen atoms in total. The predicted octanol–water partition coefficient (Wildman–Crippen LogP) is 5.77. The normalized spacial score (nSPS) is 20.3. The Bertz CT molecular complexity index is 644. The second-order valence-corrected chi connectivity index (χ2v) is 6.97. The van der Waals surface area contributed by atoms with E-state index >= 15 is 0 Å². The molecule has 1 saturated carbocycles. The Morgan fingerprint density at radius 2 is 1.88 bits per heavy atom. The van der Waals surface area contributed by atoms with Crippen molar-refractivity contribution in [2.45, 2.75) is 64.4 Å². The van der Waals surface area contributed by atoms with Crippen LogP contribution in [0.1, 0.15) is 67.8 Å². The summed E-state index contributed by atoms with van der Waals surface area (Å²) in [6.07, 6.45) is 15.9. The fourth-order valence-electron chi connectivity index (χ4n) is 3.32. The fourth-order valence-corrected chi connectivity index (χ4v) is 3.32. The summed E-state index contributed by atoms with van der Waals surface area (Å²) in [5.74, 6) is 0.303. The zero-order valence-corrected chi connectivity index (χ0v) is 15.7. The van der Waals surface area contributed by atoms with Crippen molar-refractivity contribution in [2.75, 3.05) is 0 Å². The molecule has 0 atom stereocenters. The molecule has 0 heterocycles. The Labute approximate surface area is 157 Å². The Morgan fingerprint density at radius 3 is 2.54 bits per heavy atom. The monoisotopic (exact) mass is 351 g/mol. The van der Waals surface area contributed by atoms with Gasteiger partial charge in [0.25, 0.3) is 0 Å². The van der Waals surface area contributed by atoms with Crippen LogP contribution in [0, 0.1) is 17.2 Å². The SMILES string of the molecule is CCCCCc1ccc(C(=O)OC2CCC(C=CC=CC#N)CC2)cc1. The topological polar surface area (TPSA) is 50.1 Å².